The van der Waals surface area contributed by atoms with E-state index in [9.17, 15) is 0 Å². The number of morpholine rings is 1. The number of rotatable bonds is 1. The smallest absolute Gasteiger partial charge is 0.225 e. The minimum Gasteiger partial charge on any atom is -0.378 e. The molecule has 5 nitrogen and oxygen atoms in total. The number of hydrogen-bond donors (Lipinski definition) is 0. The van der Waals surface area contributed by atoms with E-state index >= 15 is 0 Å². The van der Waals surface area contributed by atoms with Gasteiger partial charge in [-0.1, -0.05) is 25.2 Å². The summed E-state index contributed by atoms with van der Waals surface area (Å²) in [6.07, 6.45) is 0. The van der Waals surface area contributed by atoms with Crippen LogP contribution in [0.1, 0.15) is 18.9 Å². The molecule has 1 aliphatic rings. The maximum Gasteiger partial charge on any atom is 0.225 e. The first kappa shape index (κ1) is 14.4. The molecular formula is C12H17ClN4OS. The number of fused-ring (bicyclic) bond motifs is 1. The zero-order chi connectivity index (χ0) is 13.8. The Hall–Kier alpha value is -0.980. The summed E-state index contributed by atoms with van der Waals surface area (Å²) in [6, 6.07) is 0. The summed E-state index contributed by atoms with van der Waals surface area (Å²) in [5.74, 6) is 0.827. The van der Waals surface area contributed by atoms with Crippen LogP contribution in [0.4, 0.5) is 5.82 Å². The zero-order valence-corrected chi connectivity index (χ0v) is 12.9. The fourth-order valence-electron chi connectivity index (χ4n) is 1.88. The average molecular weight is 301 g/mol. The lowest BCUT2D eigenvalue weighted by molar-refractivity contribution is 0.122. The van der Waals surface area contributed by atoms with Gasteiger partial charge in [-0.05, 0) is 18.5 Å². The van der Waals surface area contributed by atoms with Crippen molar-refractivity contribution in [3.8, 4) is 0 Å². The van der Waals surface area contributed by atoms with E-state index in [2.05, 4.69) is 19.9 Å². The fourth-order valence-corrected chi connectivity index (χ4v) is 2.88. The quantitative estimate of drug-likeness (QED) is 0.758. The van der Waals surface area contributed by atoms with Crippen LogP contribution in [0.25, 0.3) is 10.3 Å². The maximum absolute atomic E-state index is 5.95. The Morgan fingerprint density at radius 1 is 1.16 bits per heavy atom. The Morgan fingerprint density at radius 2 is 1.84 bits per heavy atom. The molecule has 0 radical (unpaired) electrons. The van der Waals surface area contributed by atoms with Crippen molar-refractivity contribution >= 4 is 39.1 Å². The molecule has 0 bridgehead atoms. The molecule has 104 valence electrons. The van der Waals surface area contributed by atoms with Gasteiger partial charge in [-0.15, -0.1) is 0 Å². The van der Waals surface area contributed by atoms with Crippen molar-refractivity contribution in [2.75, 3.05) is 31.2 Å². The second-order valence-electron chi connectivity index (χ2n) is 3.80. The predicted molar refractivity (Wildman–Crippen MR) is 79.3 cm³/mol. The molecule has 0 amide bonds. The van der Waals surface area contributed by atoms with Crippen LogP contribution >= 0.6 is 22.9 Å². The van der Waals surface area contributed by atoms with E-state index in [0.29, 0.717) is 13.2 Å². The topological polar surface area (TPSA) is 51.1 Å². The van der Waals surface area contributed by atoms with E-state index in [-0.39, 0.29) is 5.28 Å². The molecule has 0 aromatic carbocycles. The molecule has 7 heteroatoms. The van der Waals surface area contributed by atoms with Gasteiger partial charge in [0.2, 0.25) is 5.28 Å². The summed E-state index contributed by atoms with van der Waals surface area (Å²) < 4.78 is 5.33. The van der Waals surface area contributed by atoms with Gasteiger partial charge in [-0.2, -0.15) is 4.98 Å². The predicted octanol–water partition coefficient (Wildman–Crippen LogP) is 2.91. The molecule has 1 aliphatic heterocycles. The highest BCUT2D eigenvalue weighted by Gasteiger charge is 2.19. The van der Waals surface area contributed by atoms with E-state index in [1.54, 1.807) is 0 Å². The van der Waals surface area contributed by atoms with Gasteiger partial charge in [0.25, 0.3) is 0 Å². The van der Waals surface area contributed by atoms with Gasteiger partial charge in [0.1, 0.15) is 5.52 Å². The molecule has 0 unspecified atom stereocenters. The molecule has 19 heavy (non-hydrogen) atoms. The number of hydrogen-bond acceptors (Lipinski definition) is 6. The third-order valence-corrected chi connectivity index (χ3v) is 3.66. The van der Waals surface area contributed by atoms with Gasteiger partial charge in [0, 0.05) is 13.1 Å². The molecule has 0 N–H and O–H groups in total. The van der Waals surface area contributed by atoms with Crippen molar-refractivity contribution < 1.29 is 4.74 Å². The van der Waals surface area contributed by atoms with E-state index in [4.69, 9.17) is 16.3 Å². The molecule has 0 atom stereocenters. The van der Waals surface area contributed by atoms with Crippen molar-refractivity contribution in [3.63, 3.8) is 0 Å². The maximum atomic E-state index is 5.95. The van der Waals surface area contributed by atoms with E-state index in [1.165, 1.54) is 11.3 Å². The summed E-state index contributed by atoms with van der Waals surface area (Å²) in [4.78, 5) is 16.0. The number of thiazole rings is 1. The highest BCUT2D eigenvalue weighted by atomic mass is 35.5. The normalized spacial score (nSPS) is 15.3. The summed E-state index contributed by atoms with van der Waals surface area (Å²) in [7, 11) is 0. The second kappa shape index (κ2) is 6.45. The Balaban J connectivity index is 0.000000637. The first-order chi connectivity index (χ1) is 9.24. The van der Waals surface area contributed by atoms with Crippen LogP contribution in [0.3, 0.4) is 0 Å². The number of halogens is 1. The fraction of sp³-hybridized carbons (Fsp3) is 0.583. The Morgan fingerprint density at radius 3 is 2.53 bits per heavy atom. The molecular weight excluding hydrogens is 284 g/mol. The second-order valence-corrected chi connectivity index (χ2v) is 5.32. The number of aryl methyl sites for hydroxylation is 1. The van der Waals surface area contributed by atoms with Crippen LogP contribution < -0.4 is 4.90 Å². The molecule has 1 saturated heterocycles. The summed E-state index contributed by atoms with van der Waals surface area (Å²) in [6.45, 7) is 9.03. The summed E-state index contributed by atoms with van der Waals surface area (Å²) >= 11 is 7.49. The lowest BCUT2D eigenvalue weighted by atomic mass is 10.4. The van der Waals surface area contributed by atoms with Crippen molar-refractivity contribution in [2.45, 2.75) is 20.8 Å². The Bertz CT molecular complexity index is 554. The lowest BCUT2D eigenvalue weighted by Crippen LogP contribution is -2.37. The van der Waals surface area contributed by atoms with Gasteiger partial charge in [0.05, 0.1) is 18.2 Å². The monoisotopic (exact) mass is 300 g/mol. The highest BCUT2D eigenvalue weighted by molar-refractivity contribution is 7.18. The van der Waals surface area contributed by atoms with Crippen LogP contribution in [0, 0.1) is 6.92 Å². The SMILES string of the molecule is CC.Cc1nc2c(N3CCOCC3)nc(Cl)nc2s1. The molecule has 0 saturated carbocycles. The minimum atomic E-state index is 0.280. The van der Waals surface area contributed by atoms with Gasteiger partial charge in [-0.25, -0.2) is 9.97 Å². The summed E-state index contributed by atoms with van der Waals surface area (Å²) in [5.41, 5.74) is 0.846. The first-order valence-electron chi connectivity index (χ1n) is 6.37. The molecule has 2 aromatic rings. The summed E-state index contributed by atoms with van der Waals surface area (Å²) in [5, 5.41) is 1.26. The molecule has 0 spiro atoms. The molecule has 0 aliphatic carbocycles. The number of anilines is 1. The lowest BCUT2D eigenvalue weighted by Gasteiger charge is -2.27. The van der Waals surface area contributed by atoms with Crippen LogP contribution in [-0.2, 0) is 4.74 Å². The largest absolute Gasteiger partial charge is 0.378 e. The van der Waals surface area contributed by atoms with Crippen LogP contribution in [0.15, 0.2) is 0 Å². The van der Waals surface area contributed by atoms with Gasteiger partial charge in [0.15, 0.2) is 10.6 Å². The molecule has 3 heterocycles. The van der Waals surface area contributed by atoms with Gasteiger partial charge < -0.3 is 9.64 Å². The van der Waals surface area contributed by atoms with E-state index in [1.807, 2.05) is 20.8 Å². The minimum absolute atomic E-state index is 0.280. The molecule has 1 fully saturated rings. The molecule has 3 rings (SSSR count). The highest BCUT2D eigenvalue weighted by Crippen LogP contribution is 2.29. The number of aromatic nitrogens is 3. The van der Waals surface area contributed by atoms with E-state index < -0.39 is 0 Å². The average Bonchev–Trinajstić information content (AvgIpc) is 2.81. The third-order valence-electron chi connectivity index (χ3n) is 2.63. The van der Waals surface area contributed by atoms with Crippen molar-refractivity contribution in [1.82, 2.24) is 15.0 Å². The Kier molecular flexibility index (Phi) is 4.90. The van der Waals surface area contributed by atoms with E-state index in [0.717, 1.165) is 34.3 Å². The van der Waals surface area contributed by atoms with Gasteiger partial charge in [-0.3, -0.25) is 0 Å². The number of ether oxygens (including phenoxy) is 1. The third kappa shape index (κ3) is 3.13. The molecule has 2 aromatic heterocycles. The number of nitrogens with zero attached hydrogens (tertiary/aromatic N) is 4. The van der Waals surface area contributed by atoms with Crippen LogP contribution in [0.2, 0.25) is 5.28 Å². The van der Waals surface area contributed by atoms with Gasteiger partial charge >= 0.3 is 0 Å². The van der Waals surface area contributed by atoms with Crippen LogP contribution in [0.5, 0.6) is 0 Å². The zero-order valence-electron chi connectivity index (χ0n) is 11.3. The van der Waals surface area contributed by atoms with Crippen molar-refractivity contribution in [2.24, 2.45) is 0 Å². The van der Waals surface area contributed by atoms with Crippen molar-refractivity contribution in [1.29, 1.82) is 0 Å². The van der Waals surface area contributed by atoms with Crippen LogP contribution in [-0.4, -0.2) is 41.3 Å². The van der Waals surface area contributed by atoms with Crippen molar-refractivity contribution in [3.05, 3.63) is 10.3 Å². The Labute approximate surface area is 121 Å². The first-order valence-corrected chi connectivity index (χ1v) is 7.57. The standard InChI is InChI=1S/C10H11ClN4OS.C2H6/c1-6-12-7-8(15-2-4-16-5-3-15)13-10(11)14-9(7)17-6;1-2/h2-5H2,1H3;1-2H3.